The van der Waals surface area contributed by atoms with Gasteiger partial charge in [0.25, 0.3) is 17.4 Å². The first-order chi connectivity index (χ1) is 31.4. The summed E-state index contributed by atoms with van der Waals surface area (Å²) in [7, 11) is 0. The van der Waals surface area contributed by atoms with E-state index >= 15 is 9.59 Å². The first-order valence-electron chi connectivity index (χ1n) is 26.4. The molecule has 1 aromatic carbocycles. The Bertz CT molecular complexity index is 1790. The number of nitrogens with zero attached hydrogens (tertiary/aromatic N) is 6. The number of aromatic hydroxyl groups is 1. The summed E-state index contributed by atoms with van der Waals surface area (Å²) in [5, 5.41) is 30.4. The van der Waals surface area contributed by atoms with Crippen molar-refractivity contribution < 1.29 is 14.7 Å². The maximum Gasteiger partial charge on any atom is 0.281 e. The molecular weight excluding hydrogens is 809 g/mol. The van der Waals surface area contributed by atoms with E-state index in [9.17, 15) is 15.2 Å². The number of azo groups is 1. The highest BCUT2D eigenvalue weighted by atomic mass is 16.3. The Morgan fingerprint density at radius 1 is 0.615 bits per heavy atom. The summed E-state index contributed by atoms with van der Waals surface area (Å²) in [6, 6.07) is 7.26. The molecule has 0 fully saturated rings. The van der Waals surface area contributed by atoms with Crippen LogP contribution in [-0.4, -0.2) is 57.5 Å². The molecule has 0 saturated heterocycles. The number of hydrogen-bond acceptors (Lipinski definition) is 7. The van der Waals surface area contributed by atoms with Gasteiger partial charge in [-0.1, -0.05) is 166 Å². The molecule has 2 amide bonds. The first-order valence-corrected chi connectivity index (χ1v) is 26.4. The van der Waals surface area contributed by atoms with Crippen molar-refractivity contribution in [2.75, 3.05) is 26.2 Å². The molecule has 0 aliphatic carbocycles. The fourth-order valence-electron chi connectivity index (χ4n) is 9.20. The normalized spacial score (nSPS) is 13.9. The molecule has 10 heteroatoms. The molecule has 0 radical (unpaired) electrons. The van der Waals surface area contributed by atoms with E-state index in [1.54, 1.807) is 25.1 Å². The first kappa shape index (κ1) is 57.1. The number of unbranched alkanes of at least 4 members (excludes halogenated alkanes) is 5. The number of rotatable bonds is 34. The van der Waals surface area contributed by atoms with Crippen molar-refractivity contribution in [3.63, 3.8) is 0 Å². The number of amides is 2. The molecule has 65 heavy (non-hydrogen) atoms. The van der Waals surface area contributed by atoms with Gasteiger partial charge in [-0.15, -0.1) is 5.11 Å². The molecule has 1 heterocycles. The summed E-state index contributed by atoms with van der Waals surface area (Å²) >= 11 is 0. The van der Waals surface area contributed by atoms with Crippen LogP contribution in [0, 0.1) is 47.8 Å². The molecule has 2 rings (SSSR count). The Kier molecular flexibility index (Phi) is 28.0. The number of nitriles is 1. The zero-order valence-corrected chi connectivity index (χ0v) is 43.2. The Balaban J connectivity index is 2.96. The van der Waals surface area contributed by atoms with Gasteiger partial charge in [0.15, 0.2) is 5.69 Å². The van der Waals surface area contributed by atoms with Crippen LogP contribution in [0.15, 0.2) is 33.2 Å². The van der Waals surface area contributed by atoms with E-state index in [-0.39, 0.29) is 47.0 Å². The highest BCUT2D eigenvalue weighted by Crippen LogP contribution is 2.31. The molecular formula is C55H92N6O4. The number of carbonyl (C=O) groups excluding carboxylic acids is 2. The number of aromatic nitrogens is 1. The Morgan fingerprint density at radius 2 is 1.00 bits per heavy atom. The van der Waals surface area contributed by atoms with Gasteiger partial charge in [-0.2, -0.15) is 10.4 Å². The minimum atomic E-state index is -0.514. The van der Waals surface area contributed by atoms with Crippen molar-refractivity contribution in [2.24, 2.45) is 39.8 Å². The topological polar surface area (TPSA) is 131 Å². The highest BCUT2D eigenvalue weighted by molar-refractivity contribution is 6.08. The minimum Gasteiger partial charge on any atom is -0.493 e. The summed E-state index contributed by atoms with van der Waals surface area (Å²) in [4.78, 5) is 48.9. The average Bonchev–Trinajstić information content (AvgIpc) is 3.32. The summed E-state index contributed by atoms with van der Waals surface area (Å²) in [5.74, 6) is 0.873. The predicted octanol–water partition coefficient (Wildman–Crippen LogP) is 15.1. The molecule has 0 saturated carbocycles. The quantitative estimate of drug-likeness (QED) is 0.0699. The second-order valence-electron chi connectivity index (χ2n) is 19.1. The van der Waals surface area contributed by atoms with E-state index in [4.69, 9.17) is 0 Å². The van der Waals surface area contributed by atoms with E-state index in [0.29, 0.717) is 66.7 Å². The fourth-order valence-corrected chi connectivity index (χ4v) is 9.20. The van der Waals surface area contributed by atoms with Crippen LogP contribution in [-0.2, 0) is 6.54 Å². The van der Waals surface area contributed by atoms with E-state index in [1.165, 1.54) is 4.57 Å². The summed E-state index contributed by atoms with van der Waals surface area (Å²) in [6.45, 7) is 26.3. The second kappa shape index (κ2) is 31.8. The van der Waals surface area contributed by atoms with Crippen LogP contribution in [0.25, 0.3) is 0 Å². The highest BCUT2D eigenvalue weighted by Gasteiger charge is 2.30. The summed E-state index contributed by atoms with van der Waals surface area (Å²) < 4.78 is 1.27. The number of carbonyl (C=O) groups is 2. The van der Waals surface area contributed by atoms with E-state index in [1.807, 2.05) is 9.80 Å². The lowest BCUT2D eigenvalue weighted by atomic mass is 9.93. The fraction of sp³-hybridized carbons (Fsp3) is 0.745. The third-order valence-corrected chi connectivity index (χ3v) is 14.1. The SMILES string of the molecule is CCCCC(CC)CN(CC(CC)CCCC)C(=O)c1ccc(N=Nc2c(C)c(C#N)c(O)n(CC(CC)CCCC)c2=O)cc1C(=O)N(CC(CC)CCCC)CC(CC)CCCC. The summed E-state index contributed by atoms with van der Waals surface area (Å²) in [5.41, 5.74) is 0.734. The molecule has 5 atom stereocenters. The Morgan fingerprint density at radius 3 is 1.37 bits per heavy atom. The third-order valence-electron chi connectivity index (χ3n) is 14.1. The van der Waals surface area contributed by atoms with E-state index in [2.05, 4.69) is 85.5 Å². The van der Waals surface area contributed by atoms with Gasteiger partial charge in [0.05, 0.1) is 16.8 Å². The molecule has 0 aliphatic rings. The maximum atomic E-state index is 15.5. The van der Waals surface area contributed by atoms with Crippen molar-refractivity contribution in [3.8, 4) is 11.9 Å². The third kappa shape index (κ3) is 18.0. The maximum absolute atomic E-state index is 15.5. The lowest BCUT2D eigenvalue weighted by Gasteiger charge is -2.33. The van der Waals surface area contributed by atoms with Gasteiger partial charge >= 0.3 is 0 Å². The van der Waals surface area contributed by atoms with Crippen molar-refractivity contribution in [2.45, 2.75) is 211 Å². The molecule has 2 aromatic rings. The molecule has 1 N–H and O–H groups in total. The van der Waals surface area contributed by atoms with Gasteiger partial charge in [0.1, 0.15) is 11.6 Å². The Labute approximate surface area is 396 Å². The van der Waals surface area contributed by atoms with Gasteiger partial charge in [-0.05, 0) is 86.8 Å². The summed E-state index contributed by atoms with van der Waals surface area (Å²) in [6.07, 6.45) is 20.6. The predicted molar refractivity (Wildman–Crippen MR) is 271 cm³/mol. The van der Waals surface area contributed by atoms with Crippen molar-refractivity contribution in [1.82, 2.24) is 14.4 Å². The molecule has 0 aliphatic heterocycles. The van der Waals surface area contributed by atoms with Gasteiger partial charge in [0.2, 0.25) is 5.88 Å². The molecule has 0 bridgehead atoms. The lowest BCUT2D eigenvalue weighted by Crippen LogP contribution is -2.42. The Hall–Kier alpha value is -4.00. The minimum absolute atomic E-state index is 0.00724. The number of benzene rings is 1. The van der Waals surface area contributed by atoms with Gasteiger partial charge < -0.3 is 14.9 Å². The molecule has 0 spiro atoms. The van der Waals surface area contributed by atoms with E-state index < -0.39 is 5.56 Å². The van der Waals surface area contributed by atoms with Crippen LogP contribution in [0.5, 0.6) is 5.88 Å². The smallest absolute Gasteiger partial charge is 0.281 e. The largest absolute Gasteiger partial charge is 0.493 e. The number of pyridine rings is 1. The van der Waals surface area contributed by atoms with Crippen LogP contribution >= 0.6 is 0 Å². The van der Waals surface area contributed by atoms with Gasteiger partial charge in [-0.25, -0.2) is 0 Å². The van der Waals surface area contributed by atoms with Crippen LogP contribution < -0.4 is 5.56 Å². The van der Waals surface area contributed by atoms with Crippen LogP contribution in [0.2, 0.25) is 0 Å². The molecule has 5 unspecified atom stereocenters. The van der Waals surface area contributed by atoms with Crippen LogP contribution in [0.3, 0.4) is 0 Å². The average molecular weight is 901 g/mol. The van der Waals surface area contributed by atoms with Gasteiger partial charge in [-0.3, -0.25) is 19.0 Å². The molecule has 1 aromatic heterocycles. The lowest BCUT2D eigenvalue weighted by molar-refractivity contribution is 0.0646. The van der Waals surface area contributed by atoms with Crippen LogP contribution in [0.1, 0.15) is 229 Å². The van der Waals surface area contributed by atoms with Gasteiger partial charge in [0, 0.05) is 38.3 Å². The second-order valence-corrected chi connectivity index (χ2v) is 19.1. The van der Waals surface area contributed by atoms with Crippen molar-refractivity contribution in [1.29, 1.82) is 5.26 Å². The molecule has 10 nitrogen and oxygen atoms in total. The van der Waals surface area contributed by atoms with Crippen molar-refractivity contribution in [3.05, 3.63) is 50.8 Å². The van der Waals surface area contributed by atoms with Crippen LogP contribution in [0.4, 0.5) is 11.4 Å². The zero-order valence-electron chi connectivity index (χ0n) is 43.2. The monoisotopic (exact) mass is 901 g/mol. The van der Waals surface area contributed by atoms with E-state index in [0.717, 1.165) is 128 Å². The zero-order chi connectivity index (χ0) is 48.3. The van der Waals surface area contributed by atoms with Crippen molar-refractivity contribution >= 4 is 23.2 Å². The molecule has 366 valence electrons. The standard InChI is InChI=1S/C55H92N6O4/c1-12-22-27-42(17-6)36-59(37-43(18-7)28-23-13-2)52(62)48-33-32-47(34-49(48)53(63)60(38-44(19-8)29-24-14-3)39-45(20-9)30-25-15-4)57-58-51-41(11)50(35-56)54(64)61(55(51)65)40-46(21-10)31-26-16-5/h32-34,42-46,64H,12-31,36-40H2,1-11H3. The number of hydrogen-bond donors (Lipinski definition) is 1.